The largest absolute Gasteiger partial charge is 0.362 e. The smallest absolute Gasteiger partial charge is 0.258 e. The molecule has 3 rings (SSSR count). The number of nitrogens with zero attached hydrogens (tertiary/aromatic N) is 1. The number of carbonyl (C=O) groups excluding carboxylic acids is 1. The Morgan fingerprint density at radius 3 is 2.68 bits per heavy atom. The predicted molar refractivity (Wildman–Crippen MR) is 77.2 cm³/mol. The molecule has 1 atom stereocenters. The molecular formula is C16H22N2O. The van der Waals surface area contributed by atoms with Crippen LogP contribution in [0.5, 0.6) is 0 Å². The Labute approximate surface area is 115 Å². The summed E-state index contributed by atoms with van der Waals surface area (Å²) in [5.74, 6) is 0.200. The first-order valence-electron chi connectivity index (χ1n) is 7.39. The van der Waals surface area contributed by atoms with E-state index < -0.39 is 0 Å². The Hall–Kier alpha value is -1.51. The third-order valence-corrected chi connectivity index (χ3v) is 4.67. The number of fused-ring (bicyclic) bond motifs is 1. The first kappa shape index (κ1) is 12.5. The summed E-state index contributed by atoms with van der Waals surface area (Å²) in [7, 11) is 0. The maximum atomic E-state index is 12.9. The first-order chi connectivity index (χ1) is 9.18. The van der Waals surface area contributed by atoms with Crippen molar-refractivity contribution in [3.63, 3.8) is 0 Å². The zero-order valence-electron chi connectivity index (χ0n) is 11.8. The third kappa shape index (κ3) is 1.83. The Bertz CT molecular complexity index is 491. The van der Waals surface area contributed by atoms with Gasteiger partial charge in [0.05, 0.1) is 5.56 Å². The number of carbonyl (C=O) groups is 1. The molecule has 0 radical (unpaired) electrons. The quantitative estimate of drug-likeness (QED) is 0.878. The highest BCUT2D eigenvalue weighted by molar-refractivity contribution is 6.02. The molecule has 0 aromatic heterocycles. The summed E-state index contributed by atoms with van der Waals surface area (Å²) in [6.45, 7) is 4.31. The fraction of sp³-hybridized carbons (Fsp3) is 0.562. The molecule has 0 saturated heterocycles. The van der Waals surface area contributed by atoms with Crippen molar-refractivity contribution in [1.29, 1.82) is 0 Å². The molecule has 1 aliphatic carbocycles. The topological polar surface area (TPSA) is 32.3 Å². The van der Waals surface area contributed by atoms with Crippen molar-refractivity contribution >= 4 is 11.6 Å². The molecule has 0 unspecified atom stereocenters. The average Bonchev–Trinajstić information content (AvgIpc) is 2.87. The van der Waals surface area contributed by atoms with Crippen molar-refractivity contribution < 1.29 is 4.79 Å². The molecule has 0 bridgehead atoms. The molecule has 1 spiro atoms. The van der Waals surface area contributed by atoms with E-state index in [0.29, 0.717) is 0 Å². The second-order valence-electron chi connectivity index (χ2n) is 5.84. The molecule has 2 aliphatic rings. The van der Waals surface area contributed by atoms with Gasteiger partial charge in [-0.25, -0.2) is 0 Å². The number of para-hydroxylation sites is 1. The van der Waals surface area contributed by atoms with E-state index in [1.54, 1.807) is 0 Å². The molecule has 1 heterocycles. The highest BCUT2D eigenvalue weighted by Gasteiger charge is 2.47. The van der Waals surface area contributed by atoms with Gasteiger partial charge < -0.3 is 10.2 Å². The normalized spacial score (nSPS) is 22.2. The summed E-state index contributed by atoms with van der Waals surface area (Å²) >= 11 is 0. The van der Waals surface area contributed by atoms with Gasteiger partial charge in [0.15, 0.2) is 0 Å². The maximum Gasteiger partial charge on any atom is 0.258 e. The SMILES string of the molecule is CC[C@H](C)N1C(=O)c2ccccc2NC12CCCC2. The molecule has 3 heteroatoms. The highest BCUT2D eigenvalue weighted by Crippen LogP contribution is 2.42. The van der Waals surface area contributed by atoms with Crippen LogP contribution in [-0.4, -0.2) is 22.5 Å². The van der Waals surface area contributed by atoms with Gasteiger partial charge in [0, 0.05) is 11.7 Å². The van der Waals surface area contributed by atoms with Crippen molar-refractivity contribution in [3.05, 3.63) is 29.8 Å². The zero-order chi connectivity index (χ0) is 13.5. The highest BCUT2D eigenvalue weighted by atomic mass is 16.2. The van der Waals surface area contributed by atoms with E-state index in [1.165, 1.54) is 12.8 Å². The molecule has 1 fully saturated rings. The van der Waals surface area contributed by atoms with Crippen LogP contribution in [-0.2, 0) is 0 Å². The van der Waals surface area contributed by atoms with Crippen molar-refractivity contribution in [2.24, 2.45) is 0 Å². The lowest BCUT2D eigenvalue weighted by atomic mass is 9.95. The molecule has 1 amide bonds. The van der Waals surface area contributed by atoms with Crippen molar-refractivity contribution in [1.82, 2.24) is 4.90 Å². The third-order valence-electron chi connectivity index (χ3n) is 4.67. The second-order valence-corrected chi connectivity index (χ2v) is 5.84. The molecule has 1 aromatic carbocycles. The van der Waals surface area contributed by atoms with Gasteiger partial charge in [-0.15, -0.1) is 0 Å². The minimum absolute atomic E-state index is 0.138. The fourth-order valence-corrected chi connectivity index (χ4v) is 3.54. The number of benzene rings is 1. The summed E-state index contributed by atoms with van der Waals surface area (Å²) in [5, 5.41) is 3.67. The van der Waals surface area contributed by atoms with Crippen LogP contribution in [0.2, 0.25) is 0 Å². The van der Waals surface area contributed by atoms with Gasteiger partial charge in [-0.3, -0.25) is 4.79 Å². The summed E-state index contributed by atoms with van der Waals surface area (Å²) in [5.41, 5.74) is 1.69. The number of anilines is 1. The standard InChI is InChI=1S/C16H22N2O/c1-3-12(2)18-15(19)13-8-4-5-9-14(13)17-16(18)10-6-7-11-16/h4-5,8-9,12,17H,3,6-7,10-11H2,1-2H3/t12-/m0/s1. The number of rotatable bonds is 2. The molecule has 1 N–H and O–H groups in total. The van der Waals surface area contributed by atoms with Crippen LogP contribution in [0.1, 0.15) is 56.3 Å². The van der Waals surface area contributed by atoms with Gasteiger partial charge >= 0.3 is 0 Å². The van der Waals surface area contributed by atoms with E-state index in [2.05, 4.69) is 24.1 Å². The Morgan fingerprint density at radius 2 is 2.00 bits per heavy atom. The van der Waals surface area contributed by atoms with Crippen LogP contribution >= 0.6 is 0 Å². The van der Waals surface area contributed by atoms with Crippen molar-refractivity contribution in [3.8, 4) is 0 Å². The van der Waals surface area contributed by atoms with Crippen LogP contribution in [0, 0.1) is 0 Å². The molecule has 102 valence electrons. The Morgan fingerprint density at radius 1 is 1.32 bits per heavy atom. The number of hydrogen-bond donors (Lipinski definition) is 1. The zero-order valence-corrected chi connectivity index (χ0v) is 11.8. The summed E-state index contributed by atoms with van der Waals surface area (Å²) in [4.78, 5) is 15.0. The van der Waals surface area contributed by atoms with Crippen LogP contribution in [0.25, 0.3) is 0 Å². The molecule has 19 heavy (non-hydrogen) atoms. The van der Waals surface area contributed by atoms with Gasteiger partial charge in [0.2, 0.25) is 0 Å². The van der Waals surface area contributed by atoms with Crippen molar-refractivity contribution in [2.75, 3.05) is 5.32 Å². The van der Waals surface area contributed by atoms with Crippen LogP contribution < -0.4 is 5.32 Å². The Balaban J connectivity index is 2.08. The molecule has 1 aromatic rings. The number of hydrogen-bond acceptors (Lipinski definition) is 2. The van der Waals surface area contributed by atoms with Gasteiger partial charge in [-0.1, -0.05) is 19.1 Å². The van der Waals surface area contributed by atoms with Crippen LogP contribution in [0.4, 0.5) is 5.69 Å². The van der Waals surface area contributed by atoms with Crippen molar-refractivity contribution in [2.45, 2.75) is 57.7 Å². The lowest BCUT2D eigenvalue weighted by Gasteiger charge is -2.49. The minimum atomic E-state index is -0.138. The van der Waals surface area contributed by atoms with E-state index in [9.17, 15) is 4.79 Å². The van der Waals surface area contributed by atoms with Gasteiger partial charge in [0.25, 0.3) is 5.91 Å². The van der Waals surface area contributed by atoms with Crippen LogP contribution in [0.15, 0.2) is 24.3 Å². The summed E-state index contributed by atoms with van der Waals surface area (Å²) in [6, 6.07) is 8.19. The summed E-state index contributed by atoms with van der Waals surface area (Å²) in [6.07, 6.45) is 5.54. The monoisotopic (exact) mass is 258 g/mol. The fourth-order valence-electron chi connectivity index (χ4n) is 3.54. The Kier molecular flexibility index (Phi) is 3.00. The molecular weight excluding hydrogens is 236 g/mol. The lowest BCUT2D eigenvalue weighted by molar-refractivity contribution is 0.0378. The van der Waals surface area contributed by atoms with E-state index >= 15 is 0 Å². The van der Waals surface area contributed by atoms with E-state index in [0.717, 1.165) is 30.5 Å². The van der Waals surface area contributed by atoms with Gasteiger partial charge in [0.1, 0.15) is 5.66 Å². The van der Waals surface area contributed by atoms with E-state index in [-0.39, 0.29) is 17.6 Å². The van der Waals surface area contributed by atoms with E-state index in [4.69, 9.17) is 0 Å². The lowest BCUT2D eigenvalue weighted by Crippen LogP contribution is -2.61. The van der Waals surface area contributed by atoms with Gasteiger partial charge in [-0.2, -0.15) is 0 Å². The minimum Gasteiger partial charge on any atom is -0.362 e. The molecule has 1 saturated carbocycles. The number of nitrogens with one attached hydrogen (secondary N) is 1. The average molecular weight is 258 g/mol. The van der Waals surface area contributed by atoms with Crippen LogP contribution in [0.3, 0.4) is 0 Å². The second kappa shape index (κ2) is 4.55. The molecule has 1 aliphatic heterocycles. The summed E-state index contributed by atoms with van der Waals surface area (Å²) < 4.78 is 0. The van der Waals surface area contributed by atoms with Gasteiger partial charge in [-0.05, 0) is 51.2 Å². The first-order valence-corrected chi connectivity index (χ1v) is 7.39. The maximum absolute atomic E-state index is 12.9. The molecule has 3 nitrogen and oxygen atoms in total. The van der Waals surface area contributed by atoms with E-state index in [1.807, 2.05) is 24.3 Å². The number of amides is 1. The predicted octanol–water partition coefficient (Wildman–Crippen LogP) is 3.62.